The predicted molar refractivity (Wildman–Crippen MR) is 128 cm³/mol. The quantitative estimate of drug-likeness (QED) is 0.416. The third-order valence-electron chi connectivity index (χ3n) is 5.10. The van der Waals surface area contributed by atoms with Crippen LogP contribution in [-0.4, -0.2) is 25.5 Å². The van der Waals surface area contributed by atoms with Gasteiger partial charge in [-0.2, -0.15) is 0 Å². The smallest absolute Gasteiger partial charge is 0.273 e. The summed E-state index contributed by atoms with van der Waals surface area (Å²) in [4.78, 5) is 24.2. The van der Waals surface area contributed by atoms with Gasteiger partial charge in [-0.3, -0.25) is 9.59 Å². The normalized spacial score (nSPS) is 10.5. The SMILES string of the molecule is Cl.NCc1ccc(CNC(=O)c2cn(Cc3ccc(Cn4ccccc4=O)cc3)nn2)cc1. The molecule has 2 heterocycles. The Balaban J connectivity index is 0.00000306. The van der Waals surface area contributed by atoms with Crippen molar-refractivity contribution in [1.82, 2.24) is 24.9 Å². The van der Waals surface area contributed by atoms with Crippen LogP contribution in [0, 0.1) is 0 Å². The van der Waals surface area contributed by atoms with Gasteiger partial charge < -0.3 is 15.6 Å². The van der Waals surface area contributed by atoms with Crippen LogP contribution in [0.2, 0.25) is 0 Å². The van der Waals surface area contributed by atoms with E-state index in [0.29, 0.717) is 26.2 Å². The van der Waals surface area contributed by atoms with Gasteiger partial charge in [0.2, 0.25) is 0 Å². The van der Waals surface area contributed by atoms with Gasteiger partial charge in [0.05, 0.1) is 19.3 Å². The Morgan fingerprint density at radius 2 is 1.52 bits per heavy atom. The molecule has 0 saturated heterocycles. The van der Waals surface area contributed by atoms with Gasteiger partial charge in [-0.15, -0.1) is 17.5 Å². The van der Waals surface area contributed by atoms with Crippen LogP contribution in [0.15, 0.2) is 83.9 Å². The molecule has 0 fully saturated rings. The molecular weight excluding hydrogens is 440 g/mol. The first kappa shape index (κ1) is 23.9. The summed E-state index contributed by atoms with van der Waals surface area (Å²) in [6.45, 7) is 1.91. The van der Waals surface area contributed by atoms with E-state index in [-0.39, 0.29) is 29.6 Å². The van der Waals surface area contributed by atoms with Crippen molar-refractivity contribution in [3.05, 3.63) is 117 Å². The number of benzene rings is 2. The van der Waals surface area contributed by atoms with Crippen LogP contribution in [0.25, 0.3) is 0 Å². The van der Waals surface area contributed by atoms with Crippen molar-refractivity contribution < 1.29 is 4.79 Å². The second-order valence-electron chi connectivity index (χ2n) is 7.49. The molecule has 4 aromatic rings. The van der Waals surface area contributed by atoms with Crippen molar-refractivity contribution in [2.75, 3.05) is 0 Å². The maximum absolute atomic E-state index is 12.4. The zero-order valence-electron chi connectivity index (χ0n) is 17.9. The summed E-state index contributed by atoms with van der Waals surface area (Å²) in [5.41, 5.74) is 9.92. The zero-order valence-corrected chi connectivity index (χ0v) is 18.7. The zero-order chi connectivity index (χ0) is 22.3. The lowest BCUT2D eigenvalue weighted by atomic mass is 10.1. The third-order valence-corrected chi connectivity index (χ3v) is 5.10. The first-order chi connectivity index (χ1) is 15.6. The highest BCUT2D eigenvalue weighted by molar-refractivity contribution is 5.91. The molecule has 0 aliphatic carbocycles. The molecule has 0 unspecified atom stereocenters. The van der Waals surface area contributed by atoms with E-state index in [0.717, 1.165) is 22.3 Å². The van der Waals surface area contributed by atoms with Crippen molar-refractivity contribution in [3.63, 3.8) is 0 Å². The lowest BCUT2D eigenvalue weighted by Gasteiger charge is -2.07. The van der Waals surface area contributed by atoms with Gasteiger partial charge >= 0.3 is 0 Å². The maximum atomic E-state index is 12.4. The molecule has 170 valence electrons. The van der Waals surface area contributed by atoms with Crippen LogP contribution in [0.3, 0.4) is 0 Å². The van der Waals surface area contributed by atoms with Crippen molar-refractivity contribution in [2.45, 2.75) is 26.2 Å². The van der Waals surface area contributed by atoms with E-state index in [1.165, 1.54) is 0 Å². The highest BCUT2D eigenvalue weighted by atomic mass is 35.5. The van der Waals surface area contributed by atoms with Crippen LogP contribution in [-0.2, 0) is 26.2 Å². The van der Waals surface area contributed by atoms with E-state index in [4.69, 9.17) is 5.73 Å². The number of amides is 1. The average Bonchev–Trinajstić information content (AvgIpc) is 3.29. The first-order valence-corrected chi connectivity index (χ1v) is 10.3. The third kappa shape index (κ3) is 6.38. The van der Waals surface area contributed by atoms with Crippen molar-refractivity contribution >= 4 is 18.3 Å². The van der Waals surface area contributed by atoms with E-state index in [9.17, 15) is 9.59 Å². The van der Waals surface area contributed by atoms with Gasteiger partial charge in [0.1, 0.15) is 0 Å². The van der Waals surface area contributed by atoms with Crippen LogP contribution in [0.1, 0.15) is 32.7 Å². The Hall–Kier alpha value is -3.75. The summed E-state index contributed by atoms with van der Waals surface area (Å²) in [5, 5.41) is 10.9. The minimum atomic E-state index is -0.275. The second-order valence-corrected chi connectivity index (χ2v) is 7.49. The minimum Gasteiger partial charge on any atom is -0.347 e. The van der Waals surface area contributed by atoms with E-state index in [1.807, 2.05) is 54.6 Å². The number of pyridine rings is 1. The van der Waals surface area contributed by atoms with Crippen molar-refractivity contribution in [1.29, 1.82) is 0 Å². The lowest BCUT2D eigenvalue weighted by Crippen LogP contribution is -2.23. The van der Waals surface area contributed by atoms with Gasteiger partial charge in [-0.05, 0) is 28.3 Å². The Kier molecular flexibility index (Phi) is 8.12. The van der Waals surface area contributed by atoms with Crippen LogP contribution in [0.5, 0.6) is 0 Å². The van der Waals surface area contributed by atoms with Gasteiger partial charge in [0.15, 0.2) is 5.69 Å². The molecule has 9 heteroatoms. The van der Waals surface area contributed by atoms with Gasteiger partial charge in [0, 0.05) is 25.4 Å². The topological polar surface area (TPSA) is 108 Å². The largest absolute Gasteiger partial charge is 0.347 e. The Labute approximate surface area is 197 Å². The average molecular weight is 465 g/mol. The van der Waals surface area contributed by atoms with E-state index >= 15 is 0 Å². The van der Waals surface area contributed by atoms with Crippen molar-refractivity contribution in [3.8, 4) is 0 Å². The molecule has 0 saturated carbocycles. The number of aromatic nitrogens is 4. The molecule has 33 heavy (non-hydrogen) atoms. The monoisotopic (exact) mass is 464 g/mol. The Bertz CT molecular complexity index is 1250. The first-order valence-electron chi connectivity index (χ1n) is 10.3. The molecule has 0 bridgehead atoms. The number of nitrogens with zero attached hydrogens (tertiary/aromatic N) is 4. The second kappa shape index (κ2) is 11.2. The molecule has 0 radical (unpaired) electrons. The number of halogens is 1. The summed E-state index contributed by atoms with van der Waals surface area (Å²) in [6.07, 6.45) is 3.40. The summed E-state index contributed by atoms with van der Waals surface area (Å²) in [7, 11) is 0. The fourth-order valence-electron chi connectivity index (χ4n) is 3.27. The number of carbonyl (C=O) groups excluding carboxylic acids is 1. The van der Waals surface area contributed by atoms with Crippen molar-refractivity contribution in [2.24, 2.45) is 5.73 Å². The highest BCUT2D eigenvalue weighted by Gasteiger charge is 2.11. The molecule has 2 aromatic heterocycles. The summed E-state index contributed by atoms with van der Waals surface area (Å²) in [6, 6.07) is 20.8. The van der Waals surface area contributed by atoms with E-state index < -0.39 is 0 Å². The van der Waals surface area contributed by atoms with Gasteiger partial charge in [-0.1, -0.05) is 59.8 Å². The standard InChI is InChI=1S/C24H24N6O2.ClH/c25-13-18-4-6-19(7-5-18)14-26-24(32)22-17-30(28-27-22)16-21-10-8-20(9-11-21)15-29-12-2-1-3-23(29)31;/h1-12,17H,13-16,25H2,(H,26,32);1H. The maximum Gasteiger partial charge on any atom is 0.273 e. The molecule has 8 nitrogen and oxygen atoms in total. The summed E-state index contributed by atoms with van der Waals surface area (Å²) in [5.74, 6) is -0.275. The fraction of sp³-hybridized carbons (Fsp3) is 0.167. The number of hydrogen-bond donors (Lipinski definition) is 2. The van der Waals surface area contributed by atoms with Gasteiger partial charge in [-0.25, -0.2) is 4.68 Å². The number of nitrogens with one attached hydrogen (secondary N) is 1. The lowest BCUT2D eigenvalue weighted by molar-refractivity contribution is 0.0946. The Morgan fingerprint density at radius 3 is 2.18 bits per heavy atom. The number of rotatable bonds is 8. The minimum absolute atomic E-state index is 0. The molecule has 0 spiro atoms. The molecule has 1 amide bonds. The predicted octanol–water partition coefficient (Wildman–Crippen LogP) is 2.35. The molecule has 3 N–H and O–H groups in total. The molecule has 0 atom stereocenters. The molecule has 0 aliphatic rings. The fourth-order valence-corrected chi connectivity index (χ4v) is 3.27. The van der Waals surface area contributed by atoms with E-state index in [2.05, 4.69) is 15.6 Å². The highest BCUT2D eigenvalue weighted by Crippen LogP contribution is 2.08. The van der Waals surface area contributed by atoms with E-state index in [1.54, 1.807) is 33.8 Å². The van der Waals surface area contributed by atoms with Crippen LogP contribution >= 0.6 is 12.4 Å². The Morgan fingerprint density at radius 1 is 0.879 bits per heavy atom. The molecular formula is C24H25ClN6O2. The summed E-state index contributed by atoms with van der Waals surface area (Å²) < 4.78 is 3.28. The van der Waals surface area contributed by atoms with Crippen LogP contribution in [0.4, 0.5) is 0 Å². The molecule has 2 aromatic carbocycles. The number of carbonyl (C=O) groups is 1. The number of hydrogen-bond acceptors (Lipinski definition) is 5. The number of nitrogens with two attached hydrogens (primary N) is 1. The summed E-state index contributed by atoms with van der Waals surface area (Å²) >= 11 is 0. The van der Waals surface area contributed by atoms with Crippen LogP contribution < -0.4 is 16.6 Å². The molecule has 4 rings (SSSR count). The van der Waals surface area contributed by atoms with Gasteiger partial charge in [0.25, 0.3) is 11.5 Å². The molecule has 0 aliphatic heterocycles.